The van der Waals surface area contributed by atoms with Crippen molar-refractivity contribution in [1.29, 1.82) is 0 Å². The minimum Gasteiger partial charge on any atom is -0.468 e. The van der Waals surface area contributed by atoms with E-state index in [2.05, 4.69) is 28.9 Å². The molecule has 1 rings (SSSR count). The highest BCUT2D eigenvalue weighted by molar-refractivity contribution is 5.73. The molecular formula is C12H18N2O. The Morgan fingerprint density at radius 1 is 1.33 bits per heavy atom. The number of benzene rings is 1. The van der Waals surface area contributed by atoms with Crippen LogP contribution in [0.1, 0.15) is 12.5 Å². The quantitative estimate of drug-likeness (QED) is 0.559. The van der Waals surface area contributed by atoms with E-state index in [4.69, 9.17) is 4.74 Å². The fraction of sp³-hybridized carbons (Fsp3) is 0.417. The maximum absolute atomic E-state index is 5.20. The standard InChI is InChI=1S/C12H18N2O/c1-4-14(12(13-2)15-3)10-11-8-6-5-7-9-11/h5-9H,4,10H2,1-3H3. The summed E-state index contributed by atoms with van der Waals surface area (Å²) in [6.45, 7) is 3.81. The van der Waals surface area contributed by atoms with Crippen LogP contribution in [0.5, 0.6) is 0 Å². The fourth-order valence-corrected chi connectivity index (χ4v) is 1.48. The van der Waals surface area contributed by atoms with Crippen molar-refractivity contribution in [1.82, 2.24) is 4.90 Å². The third kappa shape index (κ3) is 3.27. The number of rotatable bonds is 3. The molecule has 0 heterocycles. The van der Waals surface area contributed by atoms with Crippen LogP contribution >= 0.6 is 0 Å². The monoisotopic (exact) mass is 206 g/mol. The van der Waals surface area contributed by atoms with E-state index in [1.54, 1.807) is 14.2 Å². The summed E-state index contributed by atoms with van der Waals surface area (Å²) in [6.07, 6.45) is 0. The summed E-state index contributed by atoms with van der Waals surface area (Å²) in [6, 6.07) is 11.0. The Morgan fingerprint density at radius 3 is 2.47 bits per heavy atom. The second-order valence-corrected chi connectivity index (χ2v) is 3.21. The minimum absolute atomic E-state index is 0.682. The maximum atomic E-state index is 5.20. The number of hydrogen-bond donors (Lipinski definition) is 0. The van der Waals surface area contributed by atoms with Crippen molar-refractivity contribution in [2.45, 2.75) is 13.5 Å². The topological polar surface area (TPSA) is 24.8 Å². The van der Waals surface area contributed by atoms with E-state index in [0.717, 1.165) is 13.1 Å². The van der Waals surface area contributed by atoms with E-state index in [0.29, 0.717) is 6.02 Å². The molecule has 0 aliphatic rings. The number of amidine groups is 1. The highest BCUT2D eigenvalue weighted by Crippen LogP contribution is 2.05. The van der Waals surface area contributed by atoms with E-state index < -0.39 is 0 Å². The SMILES string of the molecule is CCN(Cc1ccccc1)C(=NC)OC. The molecule has 0 bridgehead atoms. The number of nitrogens with zero attached hydrogens (tertiary/aromatic N) is 2. The van der Waals surface area contributed by atoms with Crippen LogP contribution in [-0.4, -0.2) is 31.6 Å². The number of methoxy groups -OCH3 is 1. The average Bonchev–Trinajstić information content (AvgIpc) is 2.30. The molecule has 3 heteroatoms. The molecule has 1 aromatic rings. The van der Waals surface area contributed by atoms with E-state index in [1.165, 1.54) is 5.56 Å². The lowest BCUT2D eigenvalue weighted by Crippen LogP contribution is -2.31. The Hall–Kier alpha value is -1.51. The molecule has 0 unspecified atom stereocenters. The summed E-state index contributed by atoms with van der Waals surface area (Å²) in [5.41, 5.74) is 1.26. The van der Waals surface area contributed by atoms with Gasteiger partial charge in [-0.1, -0.05) is 30.3 Å². The van der Waals surface area contributed by atoms with E-state index in [-0.39, 0.29) is 0 Å². The van der Waals surface area contributed by atoms with Gasteiger partial charge in [-0.25, -0.2) is 4.99 Å². The molecule has 0 aromatic heterocycles. The van der Waals surface area contributed by atoms with Crippen LogP contribution in [0, 0.1) is 0 Å². The Kier molecular flexibility index (Phi) is 4.68. The van der Waals surface area contributed by atoms with Gasteiger partial charge in [0, 0.05) is 20.1 Å². The summed E-state index contributed by atoms with van der Waals surface area (Å²) in [7, 11) is 3.39. The summed E-state index contributed by atoms with van der Waals surface area (Å²) in [5, 5.41) is 0. The first kappa shape index (κ1) is 11.6. The second-order valence-electron chi connectivity index (χ2n) is 3.21. The van der Waals surface area contributed by atoms with Crippen LogP contribution in [-0.2, 0) is 11.3 Å². The van der Waals surface area contributed by atoms with Gasteiger partial charge in [-0.3, -0.25) is 0 Å². The normalized spacial score (nSPS) is 11.3. The lowest BCUT2D eigenvalue weighted by molar-refractivity contribution is 0.283. The van der Waals surface area contributed by atoms with Gasteiger partial charge in [-0.15, -0.1) is 0 Å². The zero-order chi connectivity index (χ0) is 11.1. The molecule has 82 valence electrons. The van der Waals surface area contributed by atoms with Crippen molar-refractivity contribution < 1.29 is 4.74 Å². The minimum atomic E-state index is 0.682. The molecule has 1 aromatic carbocycles. The van der Waals surface area contributed by atoms with Crippen LogP contribution in [0.25, 0.3) is 0 Å². The lowest BCUT2D eigenvalue weighted by Gasteiger charge is -2.22. The van der Waals surface area contributed by atoms with E-state index in [1.807, 2.05) is 18.2 Å². The number of ether oxygens (including phenoxy) is 1. The van der Waals surface area contributed by atoms with Crippen molar-refractivity contribution in [2.75, 3.05) is 20.7 Å². The summed E-state index contributed by atoms with van der Waals surface area (Å²) < 4.78 is 5.20. The van der Waals surface area contributed by atoms with Gasteiger partial charge in [0.2, 0.25) is 0 Å². The summed E-state index contributed by atoms with van der Waals surface area (Å²) in [5.74, 6) is 0. The third-order valence-corrected chi connectivity index (χ3v) is 2.24. The van der Waals surface area contributed by atoms with E-state index >= 15 is 0 Å². The zero-order valence-electron chi connectivity index (χ0n) is 9.60. The van der Waals surface area contributed by atoms with Crippen molar-refractivity contribution in [2.24, 2.45) is 4.99 Å². The first-order valence-electron chi connectivity index (χ1n) is 5.11. The molecule has 0 aliphatic heterocycles. The van der Waals surface area contributed by atoms with Crippen molar-refractivity contribution in [3.05, 3.63) is 35.9 Å². The first-order chi connectivity index (χ1) is 7.31. The average molecular weight is 206 g/mol. The van der Waals surface area contributed by atoms with Gasteiger partial charge in [-0.05, 0) is 12.5 Å². The van der Waals surface area contributed by atoms with Gasteiger partial charge in [-0.2, -0.15) is 0 Å². The summed E-state index contributed by atoms with van der Waals surface area (Å²) in [4.78, 5) is 6.19. The smallest absolute Gasteiger partial charge is 0.287 e. The third-order valence-electron chi connectivity index (χ3n) is 2.24. The van der Waals surface area contributed by atoms with Gasteiger partial charge in [0.1, 0.15) is 0 Å². The predicted molar refractivity (Wildman–Crippen MR) is 62.9 cm³/mol. The van der Waals surface area contributed by atoms with Gasteiger partial charge in [0.25, 0.3) is 6.02 Å². The van der Waals surface area contributed by atoms with Crippen LogP contribution in [0.15, 0.2) is 35.3 Å². The molecule has 0 aliphatic carbocycles. The fourth-order valence-electron chi connectivity index (χ4n) is 1.48. The molecule has 0 atom stereocenters. The molecule has 15 heavy (non-hydrogen) atoms. The van der Waals surface area contributed by atoms with Crippen molar-refractivity contribution >= 4 is 6.02 Å². The lowest BCUT2D eigenvalue weighted by atomic mass is 10.2. The molecule has 0 radical (unpaired) electrons. The Balaban J connectivity index is 2.70. The molecule has 0 N–H and O–H groups in total. The summed E-state index contributed by atoms with van der Waals surface area (Å²) >= 11 is 0. The highest BCUT2D eigenvalue weighted by atomic mass is 16.5. The van der Waals surface area contributed by atoms with E-state index in [9.17, 15) is 0 Å². The van der Waals surface area contributed by atoms with Gasteiger partial charge >= 0.3 is 0 Å². The van der Waals surface area contributed by atoms with Crippen molar-refractivity contribution in [3.8, 4) is 0 Å². The number of aliphatic imine (C=N–C) groups is 1. The Morgan fingerprint density at radius 2 is 2.00 bits per heavy atom. The number of hydrogen-bond acceptors (Lipinski definition) is 2. The predicted octanol–water partition coefficient (Wildman–Crippen LogP) is 2.14. The van der Waals surface area contributed by atoms with Gasteiger partial charge < -0.3 is 9.64 Å². The Bertz CT molecular complexity index is 309. The molecule has 0 amide bonds. The molecule has 3 nitrogen and oxygen atoms in total. The first-order valence-corrected chi connectivity index (χ1v) is 5.11. The Labute approximate surface area is 91.4 Å². The van der Waals surface area contributed by atoms with Crippen LogP contribution in [0.3, 0.4) is 0 Å². The van der Waals surface area contributed by atoms with Crippen molar-refractivity contribution in [3.63, 3.8) is 0 Å². The highest BCUT2D eigenvalue weighted by Gasteiger charge is 2.08. The zero-order valence-corrected chi connectivity index (χ0v) is 9.60. The molecule has 0 spiro atoms. The van der Waals surface area contributed by atoms with Gasteiger partial charge in [0.15, 0.2) is 0 Å². The van der Waals surface area contributed by atoms with Crippen LogP contribution < -0.4 is 0 Å². The molecule has 0 saturated carbocycles. The van der Waals surface area contributed by atoms with Gasteiger partial charge in [0.05, 0.1) is 7.11 Å². The molecule has 0 saturated heterocycles. The maximum Gasteiger partial charge on any atom is 0.287 e. The second kappa shape index (κ2) is 6.06. The largest absolute Gasteiger partial charge is 0.468 e. The van der Waals surface area contributed by atoms with Crippen LogP contribution in [0.2, 0.25) is 0 Å². The molecular weight excluding hydrogens is 188 g/mol. The van der Waals surface area contributed by atoms with Crippen LogP contribution in [0.4, 0.5) is 0 Å². The molecule has 0 fully saturated rings.